The van der Waals surface area contributed by atoms with Crippen molar-refractivity contribution in [3.63, 3.8) is 0 Å². The fourth-order valence-electron chi connectivity index (χ4n) is 0.754. The highest BCUT2D eigenvalue weighted by Crippen LogP contribution is 2.18. The summed E-state index contributed by atoms with van der Waals surface area (Å²) in [5.74, 6) is 1.92. The van der Waals surface area contributed by atoms with Gasteiger partial charge in [-0.3, -0.25) is 0 Å². The van der Waals surface area contributed by atoms with Crippen molar-refractivity contribution >= 4 is 23.5 Å². The van der Waals surface area contributed by atoms with Crippen LogP contribution in [0.15, 0.2) is 34.8 Å². The highest BCUT2D eigenvalue weighted by molar-refractivity contribution is 7.99. The van der Waals surface area contributed by atoms with Gasteiger partial charge in [-0.05, 0) is 17.9 Å². The lowest BCUT2D eigenvalue weighted by atomic mass is 10.6. The monoisotopic (exact) mass is 212 g/mol. The van der Waals surface area contributed by atoms with E-state index in [0.29, 0.717) is 0 Å². The highest BCUT2D eigenvalue weighted by atomic mass is 32.2. The van der Waals surface area contributed by atoms with E-state index >= 15 is 0 Å². The van der Waals surface area contributed by atoms with Crippen molar-refractivity contribution in [2.24, 2.45) is 0 Å². The Morgan fingerprint density at radius 1 is 1.31 bits per heavy atom. The second-order valence-corrected chi connectivity index (χ2v) is 4.57. The van der Waals surface area contributed by atoms with Crippen LogP contribution in [0, 0.1) is 0 Å². The molecule has 0 saturated heterocycles. The van der Waals surface area contributed by atoms with E-state index in [1.165, 1.54) is 0 Å². The first kappa shape index (κ1) is 10.6. The van der Waals surface area contributed by atoms with Gasteiger partial charge in [-0.15, -0.1) is 40.3 Å². The molecule has 0 bridgehead atoms. The summed E-state index contributed by atoms with van der Waals surface area (Å²) in [6.45, 7) is 5.75. The van der Waals surface area contributed by atoms with Crippen molar-refractivity contribution < 1.29 is 0 Å². The van der Waals surface area contributed by atoms with Crippen LogP contribution in [0.2, 0.25) is 0 Å². The van der Waals surface area contributed by atoms with E-state index in [1.54, 1.807) is 23.5 Å². The minimum atomic E-state index is 0.884. The van der Waals surface area contributed by atoms with Crippen molar-refractivity contribution in [3.05, 3.63) is 24.8 Å². The van der Waals surface area contributed by atoms with E-state index in [-0.39, 0.29) is 0 Å². The van der Waals surface area contributed by atoms with Gasteiger partial charge >= 0.3 is 0 Å². The lowest BCUT2D eigenvalue weighted by Gasteiger charge is -1.98. The summed E-state index contributed by atoms with van der Waals surface area (Å²) < 4.78 is 0. The van der Waals surface area contributed by atoms with Gasteiger partial charge in [0.15, 0.2) is 0 Å². The summed E-state index contributed by atoms with van der Waals surface area (Å²) in [5.41, 5.74) is 0. The Morgan fingerprint density at radius 3 is 2.38 bits per heavy atom. The van der Waals surface area contributed by atoms with E-state index in [0.717, 1.165) is 21.6 Å². The standard InChI is InChI=1S/C9H12N2S2/c1-3-7-13-9-6-5-8(10-11-9)12-4-2/h3,5-6H,1,4,7H2,2H3. The molecule has 1 aromatic heterocycles. The van der Waals surface area contributed by atoms with Crippen molar-refractivity contribution in [2.75, 3.05) is 11.5 Å². The first-order valence-corrected chi connectivity index (χ1v) is 6.04. The third kappa shape index (κ3) is 3.83. The molecule has 0 unspecified atom stereocenters. The molecule has 0 amide bonds. The molecule has 70 valence electrons. The molecule has 0 atom stereocenters. The van der Waals surface area contributed by atoms with E-state index in [1.807, 2.05) is 18.2 Å². The first-order chi connectivity index (χ1) is 6.36. The second kappa shape index (κ2) is 6.05. The fourth-order valence-corrected chi connectivity index (χ4v) is 1.86. The molecule has 1 heterocycles. The predicted octanol–water partition coefficient (Wildman–Crippen LogP) is 2.87. The fraction of sp³-hybridized carbons (Fsp3) is 0.333. The summed E-state index contributed by atoms with van der Waals surface area (Å²) in [6.07, 6.45) is 1.86. The van der Waals surface area contributed by atoms with Crippen LogP contribution in [0.5, 0.6) is 0 Å². The summed E-state index contributed by atoms with van der Waals surface area (Å²) in [4.78, 5) is 0. The zero-order chi connectivity index (χ0) is 9.52. The van der Waals surface area contributed by atoms with Crippen LogP contribution in [-0.2, 0) is 0 Å². The van der Waals surface area contributed by atoms with Crippen LogP contribution in [0.3, 0.4) is 0 Å². The molecular weight excluding hydrogens is 200 g/mol. The Morgan fingerprint density at radius 2 is 1.92 bits per heavy atom. The number of nitrogens with zero attached hydrogens (tertiary/aromatic N) is 2. The lowest BCUT2D eigenvalue weighted by molar-refractivity contribution is 0.855. The maximum atomic E-state index is 4.08. The Bertz CT molecular complexity index is 259. The molecule has 0 N–H and O–H groups in total. The van der Waals surface area contributed by atoms with Crippen molar-refractivity contribution in [3.8, 4) is 0 Å². The van der Waals surface area contributed by atoms with Gasteiger partial charge < -0.3 is 0 Å². The second-order valence-electron chi connectivity index (χ2n) is 2.24. The molecule has 2 nitrogen and oxygen atoms in total. The Labute approximate surface area is 87.2 Å². The SMILES string of the molecule is C=CCSc1ccc(SCC)nn1. The molecule has 0 aliphatic carbocycles. The summed E-state index contributed by atoms with van der Waals surface area (Å²) in [5, 5.41) is 10.1. The number of rotatable bonds is 5. The van der Waals surface area contributed by atoms with E-state index in [2.05, 4.69) is 23.7 Å². The van der Waals surface area contributed by atoms with Gasteiger partial charge in [0, 0.05) is 5.75 Å². The van der Waals surface area contributed by atoms with Crippen molar-refractivity contribution in [1.29, 1.82) is 0 Å². The van der Waals surface area contributed by atoms with Gasteiger partial charge in [-0.25, -0.2) is 0 Å². The average Bonchev–Trinajstić information content (AvgIpc) is 2.17. The molecule has 1 rings (SSSR count). The quantitative estimate of drug-likeness (QED) is 0.553. The minimum Gasteiger partial charge on any atom is -0.143 e. The normalized spacial score (nSPS) is 9.92. The Balaban J connectivity index is 2.53. The molecule has 0 spiro atoms. The topological polar surface area (TPSA) is 25.8 Å². The van der Waals surface area contributed by atoms with E-state index in [4.69, 9.17) is 0 Å². The highest BCUT2D eigenvalue weighted by Gasteiger charge is 1.96. The molecule has 0 aromatic carbocycles. The zero-order valence-electron chi connectivity index (χ0n) is 7.56. The van der Waals surface area contributed by atoms with Crippen LogP contribution in [0.4, 0.5) is 0 Å². The summed E-state index contributed by atoms with van der Waals surface area (Å²) in [6, 6.07) is 4.01. The third-order valence-corrected chi connectivity index (χ3v) is 2.97. The number of aromatic nitrogens is 2. The largest absolute Gasteiger partial charge is 0.143 e. The third-order valence-electron chi connectivity index (χ3n) is 1.26. The summed E-state index contributed by atoms with van der Waals surface area (Å²) >= 11 is 3.35. The van der Waals surface area contributed by atoms with Crippen molar-refractivity contribution in [2.45, 2.75) is 17.0 Å². The van der Waals surface area contributed by atoms with E-state index in [9.17, 15) is 0 Å². The van der Waals surface area contributed by atoms with Crippen LogP contribution in [0.25, 0.3) is 0 Å². The number of hydrogen-bond acceptors (Lipinski definition) is 4. The van der Waals surface area contributed by atoms with Crippen LogP contribution >= 0.6 is 23.5 Å². The molecule has 13 heavy (non-hydrogen) atoms. The molecule has 0 aliphatic rings. The zero-order valence-corrected chi connectivity index (χ0v) is 9.20. The van der Waals surface area contributed by atoms with Crippen molar-refractivity contribution in [1.82, 2.24) is 10.2 Å². The molecule has 0 saturated carbocycles. The first-order valence-electron chi connectivity index (χ1n) is 4.07. The number of hydrogen-bond donors (Lipinski definition) is 0. The Hall–Kier alpha value is -0.480. The molecule has 1 aromatic rings. The maximum Gasteiger partial charge on any atom is 0.119 e. The molecule has 0 radical (unpaired) electrons. The van der Waals surface area contributed by atoms with Gasteiger partial charge in [0.1, 0.15) is 10.1 Å². The minimum absolute atomic E-state index is 0.884. The van der Waals surface area contributed by atoms with Crippen LogP contribution < -0.4 is 0 Å². The van der Waals surface area contributed by atoms with Gasteiger partial charge in [0.05, 0.1) is 0 Å². The molecular formula is C9H12N2S2. The lowest BCUT2D eigenvalue weighted by Crippen LogP contribution is -1.87. The van der Waals surface area contributed by atoms with Gasteiger partial charge in [-0.2, -0.15) is 0 Å². The Kier molecular flexibility index (Phi) is 4.93. The predicted molar refractivity (Wildman–Crippen MR) is 59.4 cm³/mol. The van der Waals surface area contributed by atoms with Crippen LogP contribution in [-0.4, -0.2) is 21.7 Å². The maximum absolute atomic E-state index is 4.08. The van der Waals surface area contributed by atoms with Gasteiger partial charge in [0.25, 0.3) is 0 Å². The summed E-state index contributed by atoms with van der Waals surface area (Å²) in [7, 11) is 0. The van der Waals surface area contributed by atoms with Gasteiger partial charge in [-0.1, -0.05) is 13.0 Å². The molecule has 0 fully saturated rings. The average molecular weight is 212 g/mol. The van der Waals surface area contributed by atoms with E-state index < -0.39 is 0 Å². The molecule has 0 aliphatic heterocycles. The van der Waals surface area contributed by atoms with Crippen LogP contribution in [0.1, 0.15) is 6.92 Å². The smallest absolute Gasteiger partial charge is 0.119 e. The van der Waals surface area contributed by atoms with Gasteiger partial charge in [0.2, 0.25) is 0 Å². The molecule has 4 heteroatoms. The number of thioether (sulfide) groups is 2.